The van der Waals surface area contributed by atoms with E-state index in [9.17, 15) is 8.42 Å². The summed E-state index contributed by atoms with van der Waals surface area (Å²) in [5.41, 5.74) is 0. The number of rotatable bonds is 3. The second kappa shape index (κ2) is 5.39. The van der Waals surface area contributed by atoms with Gasteiger partial charge < -0.3 is 0 Å². The Labute approximate surface area is 112 Å². The zero-order valence-corrected chi connectivity index (χ0v) is 12.5. The molecule has 0 aromatic carbocycles. The Bertz CT molecular complexity index is 451. The average Bonchev–Trinajstić information content (AvgIpc) is 2.66. The summed E-state index contributed by atoms with van der Waals surface area (Å²) in [6.07, 6.45) is 2.03. The fraction of sp³-hybridized carbons (Fsp3) is 0.556. The molecular formula is C9H12BrNO2S3. The fourth-order valence-corrected chi connectivity index (χ4v) is 6.38. The number of thiophene rings is 1. The molecule has 1 aliphatic rings. The smallest absolute Gasteiger partial charge is 0.207 e. The summed E-state index contributed by atoms with van der Waals surface area (Å²) in [7, 11) is -3.34. The van der Waals surface area contributed by atoms with Crippen molar-refractivity contribution >= 4 is 49.1 Å². The molecule has 1 saturated heterocycles. The zero-order valence-electron chi connectivity index (χ0n) is 8.48. The quantitative estimate of drug-likeness (QED) is 0.919. The lowest BCUT2D eigenvalue weighted by Gasteiger charge is -2.21. The third-order valence-corrected chi connectivity index (χ3v) is 7.72. The van der Waals surface area contributed by atoms with E-state index in [0.717, 1.165) is 24.3 Å². The van der Waals surface area contributed by atoms with Gasteiger partial charge in [0.1, 0.15) is 4.21 Å². The van der Waals surface area contributed by atoms with E-state index in [1.54, 1.807) is 11.4 Å². The highest BCUT2D eigenvalue weighted by Gasteiger charge is 2.24. The van der Waals surface area contributed by atoms with Gasteiger partial charge in [0.25, 0.3) is 10.0 Å². The molecule has 1 fully saturated rings. The first kappa shape index (κ1) is 12.9. The van der Waals surface area contributed by atoms with Crippen molar-refractivity contribution in [2.45, 2.75) is 23.1 Å². The lowest BCUT2D eigenvalue weighted by molar-refractivity contribution is 0.544. The average molecular weight is 342 g/mol. The van der Waals surface area contributed by atoms with Crippen LogP contribution in [0.4, 0.5) is 0 Å². The first-order valence-electron chi connectivity index (χ1n) is 4.92. The summed E-state index contributed by atoms with van der Waals surface area (Å²) in [5.74, 6) is 2.02. The van der Waals surface area contributed by atoms with Crippen molar-refractivity contribution in [2.24, 2.45) is 0 Å². The monoisotopic (exact) mass is 341 g/mol. The number of hydrogen-bond acceptors (Lipinski definition) is 4. The molecule has 1 aliphatic heterocycles. The SMILES string of the molecule is O=S(=O)(NC1CCCSC1)c1sccc1Br. The molecule has 0 saturated carbocycles. The summed E-state index contributed by atoms with van der Waals surface area (Å²) in [6, 6.07) is 1.84. The minimum atomic E-state index is -3.34. The molecule has 0 aliphatic carbocycles. The van der Waals surface area contributed by atoms with Gasteiger partial charge in [0.05, 0.1) is 0 Å². The van der Waals surface area contributed by atoms with Gasteiger partial charge in [0, 0.05) is 16.3 Å². The van der Waals surface area contributed by atoms with Gasteiger partial charge in [0.2, 0.25) is 0 Å². The highest BCUT2D eigenvalue weighted by atomic mass is 79.9. The second-order valence-corrected chi connectivity index (χ2v) is 8.42. The molecule has 1 atom stereocenters. The van der Waals surface area contributed by atoms with Crippen LogP contribution in [-0.2, 0) is 10.0 Å². The topological polar surface area (TPSA) is 46.2 Å². The molecule has 0 amide bonds. The number of hydrogen-bond donors (Lipinski definition) is 1. The van der Waals surface area contributed by atoms with Gasteiger partial charge >= 0.3 is 0 Å². The minimum absolute atomic E-state index is 0.0812. The number of nitrogens with one attached hydrogen (secondary N) is 1. The standard InChI is InChI=1S/C9H12BrNO2S3/c10-8-3-5-15-9(8)16(12,13)11-7-2-1-4-14-6-7/h3,5,7,11H,1-2,4,6H2. The van der Waals surface area contributed by atoms with Crippen LogP contribution >= 0.6 is 39.0 Å². The molecule has 3 nitrogen and oxygen atoms in total. The van der Waals surface area contributed by atoms with Gasteiger partial charge in [-0.15, -0.1) is 11.3 Å². The van der Waals surface area contributed by atoms with Crippen molar-refractivity contribution < 1.29 is 8.42 Å². The van der Waals surface area contributed by atoms with Crippen LogP contribution in [0.1, 0.15) is 12.8 Å². The van der Waals surface area contributed by atoms with Gasteiger partial charge in [-0.2, -0.15) is 11.8 Å². The summed E-state index contributed by atoms with van der Waals surface area (Å²) >= 11 is 6.30. The van der Waals surface area contributed by atoms with E-state index >= 15 is 0 Å². The maximum Gasteiger partial charge on any atom is 0.251 e. The third kappa shape index (κ3) is 3.01. The molecule has 1 aromatic rings. The normalized spacial score (nSPS) is 22.2. The molecule has 0 radical (unpaired) electrons. The van der Waals surface area contributed by atoms with Gasteiger partial charge in [-0.3, -0.25) is 0 Å². The lowest BCUT2D eigenvalue weighted by Crippen LogP contribution is -2.38. The Morgan fingerprint density at radius 2 is 2.31 bits per heavy atom. The first-order valence-corrected chi connectivity index (χ1v) is 9.24. The molecule has 2 heterocycles. The molecule has 1 aromatic heterocycles. The molecular weight excluding hydrogens is 330 g/mol. The summed E-state index contributed by atoms with van der Waals surface area (Å²) < 4.78 is 27.9. The Morgan fingerprint density at radius 3 is 2.88 bits per heavy atom. The van der Waals surface area contributed by atoms with Crippen LogP contribution < -0.4 is 4.72 Å². The van der Waals surface area contributed by atoms with Crippen molar-refractivity contribution in [3.8, 4) is 0 Å². The molecule has 7 heteroatoms. The molecule has 0 spiro atoms. The highest BCUT2D eigenvalue weighted by Crippen LogP contribution is 2.28. The van der Waals surface area contributed by atoms with Crippen molar-refractivity contribution in [1.82, 2.24) is 4.72 Å². The van der Waals surface area contributed by atoms with Crippen LogP contribution in [0, 0.1) is 0 Å². The molecule has 2 rings (SSSR count). The maximum absolute atomic E-state index is 12.0. The van der Waals surface area contributed by atoms with Crippen LogP contribution in [-0.4, -0.2) is 26.0 Å². The predicted octanol–water partition coefficient (Wildman–Crippen LogP) is 2.68. The number of sulfonamides is 1. The van der Waals surface area contributed by atoms with Gasteiger partial charge in [-0.1, -0.05) is 0 Å². The van der Waals surface area contributed by atoms with Crippen molar-refractivity contribution in [1.29, 1.82) is 0 Å². The Kier molecular flexibility index (Phi) is 4.34. The summed E-state index contributed by atoms with van der Waals surface area (Å²) in [4.78, 5) is 0. The Hall–Kier alpha value is 0.440. The van der Waals surface area contributed by atoms with E-state index in [4.69, 9.17) is 0 Å². The van der Waals surface area contributed by atoms with Crippen molar-refractivity contribution in [2.75, 3.05) is 11.5 Å². The van der Waals surface area contributed by atoms with Crippen LogP contribution in [0.25, 0.3) is 0 Å². The summed E-state index contributed by atoms with van der Waals surface area (Å²) in [6.45, 7) is 0. The van der Waals surface area contributed by atoms with E-state index in [0.29, 0.717) is 8.68 Å². The van der Waals surface area contributed by atoms with Crippen LogP contribution in [0.15, 0.2) is 20.1 Å². The Balaban J connectivity index is 2.11. The third-order valence-electron chi connectivity index (χ3n) is 2.31. The first-order chi connectivity index (χ1) is 7.59. The molecule has 90 valence electrons. The number of thioether (sulfide) groups is 1. The van der Waals surface area contributed by atoms with Crippen molar-refractivity contribution in [3.05, 3.63) is 15.9 Å². The van der Waals surface area contributed by atoms with Crippen LogP contribution in [0.3, 0.4) is 0 Å². The van der Waals surface area contributed by atoms with E-state index in [1.165, 1.54) is 11.3 Å². The van der Waals surface area contributed by atoms with Crippen LogP contribution in [0.2, 0.25) is 0 Å². The van der Waals surface area contributed by atoms with E-state index in [1.807, 2.05) is 11.8 Å². The highest BCUT2D eigenvalue weighted by molar-refractivity contribution is 9.10. The van der Waals surface area contributed by atoms with Crippen LogP contribution in [0.5, 0.6) is 0 Å². The zero-order chi connectivity index (χ0) is 11.6. The van der Waals surface area contributed by atoms with E-state index < -0.39 is 10.0 Å². The second-order valence-electron chi connectivity index (χ2n) is 3.59. The number of halogens is 1. The maximum atomic E-state index is 12.0. The molecule has 1 unspecified atom stereocenters. The van der Waals surface area contributed by atoms with Crippen molar-refractivity contribution in [3.63, 3.8) is 0 Å². The summed E-state index contributed by atoms with van der Waals surface area (Å²) in [5, 5.41) is 1.77. The van der Waals surface area contributed by atoms with Gasteiger partial charge in [-0.05, 0) is 46.0 Å². The molecule has 1 N–H and O–H groups in total. The fourth-order valence-electron chi connectivity index (χ4n) is 1.58. The Morgan fingerprint density at radius 1 is 1.50 bits per heavy atom. The van der Waals surface area contributed by atoms with Gasteiger partial charge in [0.15, 0.2) is 0 Å². The lowest BCUT2D eigenvalue weighted by atomic mass is 10.2. The van der Waals surface area contributed by atoms with Gasteiger partial charge in [-0.25, -0.2) is 13.1 Å². The minimum Gasteiger partial charge on any atom is -0.207 e. The predicted molar refractivity (Wildman–Crippen MR) is 72.7 cm³/mol. The molecule has 16 heavy (non-hydrogen) atoms. The van der Waals surface area contributed by atoms with E-state index in [2.05, 4.69) is 20.7 Å². The largest absolute Gasteiger partial charge is 0.251 e. The van der Waals surface area contributed by atoms with E-state index in [-0.39, 0.29) is 6.04 Å². The molecule has 0 bridgehead atoms.